The van der Waals surface area contributed by atoms with Gasteiger partial charge in [0.2, 0.25) is 0 Å². The van der Waals surface area contributed by atoms with E-state index in [1.807, 2.05) is 18.2 Å². The molecular formula is C23H25ClN4O3. The molecule has 4 rings (SSSR count). The van der Waals surface area contributed by atoms with Crippen LogP contribution in [0.4, 0.5) is 4.79 Å². The largest absolute Gasteiger partial charge is 0.465 e. The topological polar surface area (TPSA) is 87.5 Å². The molecule has 2 heterocycles. The van der Waals surface area contributed by atoms with Crippen molar-refractivity contribution < 1.29 is 9.90 Å². The molecule has 1 aromatic heterocycles. The molecule has 0 bridgehead atoms. The van der Waals surface area contributed by atoms with E-state index < -0.39 is 6.09 Å². The fraction of sp³-hybridized carbons (Fsp3) is 0.348. The Bertz CT molecular complexity index is 1120. The number of fused-ring (bicyclic) bond motifs is 1. The van der Waals surface area contributed by atoms with Crippen LogP contribution < -0.4 is 10.9 Å². The van der Waals surface area contributed by atoms with Crippen LogP contribution in [-0.2, 0) is 13.0 Å². The number of aromatic nitrogens is 2. The molecular weight excluding hydrogens is 416 g/mol. The fourth-order valence-corrected chi connectivity index (χ4v) is 4.51. The molecule has 3 aromatic rings. The van der Waals surface area contributed by atoms with E-state index in [1.165, 1.54) is 5.56 Å². The quantitative estimate of drug-likeness (QED) is 0.610. The Morgan fingerprint density at radius 2 is 1.87 bits per heavy atom. The molecule has 2 aromatic carbocycles. The van der Waals surface area contributed by atoms with Crippen molar-refractivity contribution in [3.8, 4) is 0 Å². The van der Waals surface area contributed by atoms with Crippen LogP contribution in [0.3, 0.4) is 0 Å². The summed E-state index contributed by atoms with van der Waals surface area (Å²) >= 11 is 6.33. The van der Waals surface area contributed by atoms with Crippen LogP contribution in [-0.4, -0.2) is 45.3 Å². The number of halogens is 1. The lowest BCUT2D eigenvalue weighted by atomic mass is 10.0. The van der Waals surface area contributed by atoms with Crippen molar-refractivity contribution in [2.75, 3.05) is 19.6 Å². The monoisotopic (exact) mass is 440 g/mol. The van der Waals surface area contributed by atoms with Gasteiger partial charge in [-0.2, -0.15) is 0 Å². The summed E-state index contributed by atoms with van der Waals surface area (Å²) in [7, 11) is 0. The van der Waals surface area contributed by atoms with E-state index >= 15 is 0 Å². The highest BCUT2D eigenvalue weighted by molar-refractivity contribution is 6.35. The zero-order chi connectivity index (χ0) is 21.8. The van der Waals surface area contributed by atoms with Gasteiger partial charge in [-0.15, -0.1) is 0 Å². The van der Waals surface area contributed by atoms with Crippen LogP contribution in [0.15, 0.2) is 53.3 Å². The van der Waals surface area contributed by atoms with E-state index in [0.717, 1.165) is 32.5 Å². The molecule has 0 radical (unpaired) electrons. The number of carbonyl (C=O) groups is 1. The summed E-state index contributed by atoms with van der Waals surface area (Å²) in [4.78, 5) is 31.4. The minimum absolute atomic E-state index is 0.00697. The van der Waals surface area contributed by atoms with Gasteiger partial charge in [0, 0.05) is 38.6 Å². The number of nitrogens with zero attached hydrogens (tertiary/aromatic N) is 3. The molecule has 2 N–H and O–H groups in total. The molecule has 1 amide bonds. The number of nitrogens with one attached hydrogen (secondary N) is 1. The van der Waals surface area contributed by atoms with E-state index in [4.69, 9.17) is 16.7 Å². The first kappa shape index (κ1) is 21.3. The van der Waals surface area contributed by atoms with Gasteiger partial charge in [-0.1, -0.05) is 48.0 Å². The third-order valence-corrected chi connectivity index (χ3v) is 6.06. The summed E-state index contributed by atoms with van der Waals surface area (Å²) in [6.07, 6.45) is 0.897. The van der Waals surface area contributed by atoms with Gasteiger partial charge in [0.1, 0.15) is 5.82 Å². The zero-order valence-electron chi connectivity index (χ0n) is 17.1. The molecule has 0 saturated carbocycles. The maximum absolute atomic E-state index is 13.4. The molecule has 0 atom stereocenters. The number of amides is 1. The van der Waals surface area contributed by atoms with E-state index in [9.17, 15) is 9.59 Å². The Hall–Kier alpha value is -2.90. The Balaban J connectivity index is 1.59. The normalized spacial score (nSPS) is 15.3. The van der Waals surface area contributed by atoms with Crippen molar-refractivity contribution in [2.24, 2.45) is 0 Å². The first-order valence-electron chi connectivity index (χ1n) is 10.5. The average molecular weight is 441 g/mol. The van der Waals surface area contributed by atoms with Crippen LogP contribution in [0, 0.1) is 0 Å². The van der Waals surface area contributed by atoms with E-state index in [0.29, 0.717) is 28.2 Å². The van der Waals surface area contributed by atoms with Gasteiger partial charge in [0.15, 0.2) is 0 Å². The van der Waals surface area contributed by atoms with Gasteiger partial charge >= 0.3 is 6.09 Å². The Kier molecular flexibility index (Phi) is 6.53. The molecule has 0 unspecified atom stereocenters. The highest BCUT2D eigenvalue weighted by Crippen LogP contribution is 2.26. The smallest absolute Gasteiger partial charge is 0.404 e. The summed E-state index contributed by atoms with van der Waals surface area (Å²) in [6.45, 7) is 2.83. The van der Waals surface area contributed by atoms with Crippen molar-refractivity contribution in [1.29, 1.82) is 0 Å². The van der Waals surface area contributed by atoms with Gasteiger partial charge in [-0.3, -0.25) is 14.3 Å². The molecule has 0 aliphatic carbocycles. The van der Waals surface area contributed by atoms with Crippen molar-refractivity contribution in [2.45, 2.75) is 31.8 Å². The van der Waals surface area contributed by atoms with Gasteiger partial charge in [-0.05, 0) is 30.5 Å². The number of hydrogen-bond acceptors (Lipinski definition) is 4. The lowest BCUT2D eigenvalue weighted by Crippen LogP contribution is -2.39. The van der Waals surface area contributed by atoms with Crippen LogP contribution in [0.25, 0.3) is 10.9 Å². The van der Waals surface area contributed by atoms with E-state index in [2.05, 4.69) is 27.3 Å². The van der Waals surface area contributed by atoms with Gasteiger partial charge in [-0.25, -0.2) is 9.78 Å². The number of likely N-dealkylation sites (tertiary alicyclic amines) is 1. The first-order valence-corrected chi connectivity index (χ1v) is 10.8. The van der Waals surface area contributed by atoms with Crippen LogP contribution in [0.5, 0.6) is 0 Å². The average Bonchev–Trinajstić information content (AvgIpc) is 2.75. The molecule has 162 valence electrons. The molecule has 0 spiro atoms. The Labute approximate surface area is 185 Å². The highest BCUT2D eigenvalue weighted by atomic mass is 35.5. The molecule has 1 aliphatic heterocycles. The number of piperidine rings is 1. The minimum atomic E-state index is -1.09. The maximum Gasteiger partial charge on any atom is 0.404 e. The van der Waals surface area contributed by atoms with E-state index in [1.54, 1.807) is 22.8 Å². The second-order valence-electron chi connectivity index (χ2n) is 7.81. The van der Waals surface area contributed by atoms with E-state index in [-0.39, 0.29) is 18.1 Å². The Morgan fingerprint density at radius 3 is 2.58 bits per heavy atom. The number of hydrogen-bond donors (Lipinski definition) is 2. The Morgan fingerprint density at radius 1 is 1.13 bits per heavy atom. The molecule has 7 nitrogen and oxygen atoms in total. The summed E-state index contributed by atoms with van der Waals surface area (Å²) < 4.78 is 1.75. The highest BCUT2D eigenvalue weighted by Gasteiger charge is 2.25. The summed E-state index contributed by atoms with van der Waals surface area (Å²) in [6, 6.07) is 15.6. The summed E-state index contributed by atoms with van der Waals surface area (Å²) in [5, 5.41) is 12.1. The predicted molar refractivity (Wildman–Crippen MR) is 121 cm³/mol. The fourth-order valence-electron chi connectivity index (χ4n) is 4.26. The molecule has 8 heteroatoms. The predicted octanol–water partition coefficient (Wildman–Crippen LogP) is 3.70. The standard InChI is InChI=1S/C23H25ClN4O3/c24-18-7-4-8-19-21(18)22(29)28(20(26-19)9-12-25-23(30)31)17-10-13-27(14-11-17)15-16-5-2-1-3-6-16/h1-8,17,25H,9-15H2,(H,30,31). The van der Waals surface area contributed by atoms with Crippen LogP contribution in [0.2, 0.25) is 5.02 Å². The van der Waals surface area contributed by atoms with Crippen molar-refractivity contribution in [3.05, 3.63) is 75.3 Å². The summed E-state index contributed by atoms with van der Waals surface area (Å²) in [5.74, 6) is 0.593. The van der Waals surface area contributed by atoms with Crippen LogP contribution >= 0.6 is 11.6 Å². The first-order chi connectivity index (χ1) is 15.0. The van der Waals surface area contributed by atoms with Crippen molar-refractivity contribution in [3.63, 3.8) is 0 Å². The van der Waals surface area contributed by atoms with Crippen molar-refractivity contribution >= 4 is 28.6 Å². The summed E-state index contributed by atoms with van der Waals surface area (Å²) in [5.41, 5.74) is 1.67. The lowest BCUT2D eigenvalue weighted by molar-refractivity contribution is 0.175. The van der Waals surface area contributed by atoms with Gasteiger partial charge < -0.3 is 10.4 Å². The van der Waals surface area contributed by atoms with Crippen molar-refractivity contribution in [1.82, 2.24) is 19.8 Å². The zero-order valence-corrected chi connectivity index (χ0v) is 17.9. The minimum Gasteiger partial charge on any atom is -0.465 e. The second-order valence-corrected chi connectivity index (χ2v) is 8.22. The number of rotatable bonds is 6. The van der Waals surface area contributed by atoms with Gasteiger partial charge in [0.05, 0.1) is 15.9 Å². The SMILES string of the molecule is O=C(O)NCCc1nc2cccc(Cl)c2c(=O)n1C1CCN(Cc2ccccc2)CC1. The third-order valence-electron chi connectivity index (χ3n) is 5.75. The molecule has 1 fully saturated rings. The molecule has 31 heavy (non-hydrogen) atoms. The maximum atomic E-state index is 13.4. The third kappa shape index (κ3) is 4.89. The van der Waals surface area contributed by atoms with Gasteiger partial charge in [0.25, 0.3) is 5.56 Å². The number of carboxylic acid groups (broad SMARTS) is 1. The molecule has 1 saturated heterocycles. The number of benzene rings is 2. The molecule has 1 aliphatic rings. The lowest BCUT2D eigenvalue weighted by Gasteiger charge is -2.34. The van der Waals surface area contributed by atoms with Crippen LogP contribution in [0.1, 0.15) is 30.3 Å². The second kappa shape index (κ2) is 9.49.